The Morgan fingerprint density at radius 3 is 2.55 bits per heavy atom. The fourth-order valence-corrected chi connectivity index (χ4v) is 4.25. The van der Waals surface area contributed by atoms with Crippen molar-refractivity contribution < 1.29 is 23.8 Å². The second-order valence-electron chi connectivity index (χ2n) is 6.10. The van der Waals surface area contributed by atoms with Crippen LogP contribution in [-0.2, 0) is 22.7 Å². The number of esters is 1. The van der Waals surface area contributed by atoms with Crippen molar-refractivity contribution in [3.8, 4) is 11.5 Å². The van der Waals surface area contributed by atoms with Gasteiger partial charge in [-0.3, -0.25) is 4.79 Å². The van der Waals surface area contributed by atoms with Crippen LogP contribution in [0.15, 0.2) is 40.9 Å². The van der Waals surface area contributed by atoms with Crippen LogP contribution in [0.1, 0.15) is 23.1 Å². The second kappa shape index (κ2) is 10.8. The van der Waals surface area contributed by atoms with E-state index in [-0.39, 0.29) is 18.3 Å². The van der Waals surface area contributed by atoms with Crippen molar-refractivity contribution in [2.75, 3.05) is 25.3 Å². The third-order valence-electron chi connectivity index (χ3n) is 4.19. The topological polar surface area (TPSA) is 105 Å². The molecular weight excluding hydrogens is 440 g/mol. The number of rotatable bonds is 10. The molecule has 0 fully saturated rings. The van der Waals surface area contributed by atoms with Crippen LogP contribution in [-0.4, -0.2) is 46.6 Å². The second-order valence-corrected chi connectivity index (χ2v) is 7.96. The van der Waals surface area contributed by atoms with Crippen molar-refractivity contribution in [3.63, 3.8) is 0 Å². The highest BCUT2D eigenvalue weighted by Crippen LogP contribution is 2.25. The lowest BCUT2D eigenvalue weighted by Gasteiger charge is -2.09. The molecule has 0 radical (unpaired) electrons. The molecule has 0 aliphatic rings. The number of ether oxygens (including phenoxy) is 3. The molecule has 11 heteroatoms. The average molecular weight is 463 g/mol. The van der Waals surface area contributed by atoms with Gasteiger partial charge in [-0.1, -0.05) is 11.8 Å². The standard InChI is InChI=1S/C20H22N4O5S2/c1-4-24-16(11-29-14-7-5-13(27-2)6-8-14)22-23-20(24)31-12-17(25)21-18-15(9-10-30-18)19(26)28-3/h5-10H,4,11-12H2,1-3H3,(H,21,25). The van der Waals surface area contributed by atoms with E-state index in [0.717, 1.165) is 5.75 Å². The number of carbonyl (C=O) groups is 2. The van der Waals surface area contributed by atoms with Gasteiger partial charge in [-0.25, -0.2) is 4.79 Å². The number of amides is 1. The molecule has 0 saturated carbocycles. The summed E-state index contributed by atoms with van der Waals surface area (Å²) in [6.07, 6.45) is 0. The minimum atomic E-state index is -0.489. The number of anilines is 1. The molecular formula is C20H22N4O5S2. The third-order valence-corrected chi connectivity index (χ3v) is 5.99. The summed E-state index contributed by atoms with van der Waals surface area (Å²) in [5.74, 6) is 1.48. The molecule has 0 saturated heterocycles. The van der Waals surface area contributed by atoms with Gasteiger partial charge >= 0.3 is 5.97 Å². The monoisotopic (exact) mass is 462 g/mol. The Labute approximate surface area is 187 Å². The van der Waals surface area contributed by atoms with Crippen LogP contribution in [0.4, 0.5) is 5.00 Å². The van der Waals surface area contributed by atoms with Gasteiger partial charge in [-0.05, 0) is 42.6 Å². The molecule has 0 atom stereocenters. The van der Waals surface area contributed by atoms with Crippen molar-refractivity contribution in [2.45, 2.75) is 25.2 Å². The summed E-state index contributed by atoms with van der Waals surface area (Å²) in [6, 6.07) is 8.89. The Morgan fingerprint density at radius 1 is 1.13 bits per heavy atom. The lowest BCUT2D eigenvalue weighted by molar-refractivity contribution is -0.113. The van der Waals surface area contributed by atoms with Crippen LogP contribution < -0.4 is 14.8 Å². The molecule has 0 bridgehead atoms. The van der Waals surface area contributed by atoms with E-state index >= 15 is 0 Å². The Hall–Kier alpha value is -3.05. The maximum Gasteiger partial charge on any atom is 0.340 e. The zero-order valence-electron chi connectivity index (χ0n) is 17.3. The molecule has 0 unspecified atom stereocenters. The van der Waals surface area contributed by atoms with Gasteiger partial charge in [-0.2, -0.15) is 0 Å². The fourth-order valence-electron chi connectivity index (χ4n) is 2.64. The third kappa shape index (κ3) is 5.76. The first-order valence-corrected chi connectivity index (χ1v) is 11.2. The quantitative estimate of drug-likeness (QED) is 0.361. The predicted molar refractivity (Wildman–Crippen MR) is 118 cm³/mol. The lowest BCUT2D eigenvalue weighted by Crippen LogP contribution is -2.16. The minimum Gasteiger partial charge on any atom is -0.497 e. The van der Waals surface area contributed by atoms with Crippen LogP contribution in [0.3, 0.4) is 0 Å². The number of hydrogen-bond acceptors (Lipinski definition) is 9. The highest BCUT2D eigenvalue weighted by atomic mass is 32.2. The molecule has 9 nitrogen and oxygen atoms in total. The normalized spacial score (nSPS) is 10.5. The van der Waals surface area contributed by atoms with Gasteiger partial charge in [0.15, 0.2) is 11.0 Å². The molecule has 164 valence electrons. The van der Waals surface area contributed by atoms with Gasteiger partial charge in [0.25, 0.3) is 0 Å². The first kappa shape index (κ1) is 22.6. The number of hydrogen-bond donors (Lipinski definition) is 1. The first-order valence-electron chi connectivity index (χ1n) is 9.33. The molecule has 0 spiro atoms. The lowest BCUT2D eigenvalue weighted by atomic mass is 10.3. The highest BCUT2D eigenvalue weighted by molar-refractivity contribution is 7.99. The molecule has 2 heterocycles. The SMILES string of the molecule is CCn1c(COc2ccc(OC)cc2)nnc1SCC(=O)Nc1sccc1C(=O)OC. The zero-order valence-corrected chi connectivity index (χ0v) is 18.9. The molecule has 1 aromatic carbocycles. The molecule has 1 amide bonds. The Morgan fingerprint density at radius 2 is 1.87 bits per heavy atom. The molecule has 2 aromatic heterocycles. The van der Waals surface area contributed by atoms with Crippen molar-refractivity contribution in [1.29, 1.82) is 0 Å². The van der Waals surface area contributed by atoms with E-state index in [0.29, 0.717) is 33.8 Å². The van der Waals surface area contributed by atoms with Crippen molar-refractivity contribution in [3.05, 3.63) is 47.1 Å². The van der Waals surface area contributed by atoms with Gasteiger partial charge in [0.05, 0.1) is 25.5 Å². The maximum absolute atomic E-state index is 12.3. The Bertz CT molecular complexity index is 1030. The van der Waals surface area contributed by atoms with E-state index in [1.54, 1.807) is 18.6 Å². The zero-order chi connectivity index (χ0) is 22.2. The average Bonchev–Trinajstić information content (AvgIpc) is 3.42. The summed E-state index contributed by atoms with van der Waals surface area (Å²) in [5.41, 5.74) is 0.334. The summed E-state index contributed by atoms with van der Waals surface area (Å²) < 4.78 is 17.5. The summed E-state index contributed by atoms with van der Waals surface area (Å²) in [5, 5.41) is 13.9. The van der Waals surface area contributed by atoms with Crippen LogP contribution in [0.2, 0.25) is 0 Å². The highest BCUT2D eigenvalue weighted by Gasteiger charge is 2.17. The molecule has 3 rings (SSSR count). The van der Waals surface area contributed by atoms with E-state index in [1.807, 2.05) is 35.8 Å². The van der Waals surface area contributed by atoms with E-state index in [4.69, 9.17) is 14.2 Å². The number of methoxy groups -OCH3 is 2. The number of benzene rings is 1. The number of thiophene rings is 1. The summed E-state index contributed by atoms with van der Waals surface area (Å²) >= 11 is 2.52. The van der Waals surface area contributed by atoms with Gasteiger partial charge < -0.3 is 24.1 Å². The first-order chi connectivity index (χ1) is 15.0. The summed E-state index contributed by atoms with van der Waals surface area (Å²) in [4.78, 5) is 24.1. The van der Waals surface area contributed by atoms with Gasteiger partial charge in [0.1, 0.15) is 23.1 Å². The number of carbonyl (C=O) groups excluding carboxylic acids is 2. The Kier molecular flexibility index (Phi) is 7.90. The molecule has 31 heavy (non-hydrogen) atoms. The fraction of sp³-hybridized carbons (Fsp3) is 0.300. The van der Waals surface area contributed by atoms with E-state index in [1.165, 1.54) is 30.2 Å². The largest absolute Gasteiger partial charge is 0.497 e. The number of thioether (sulfide) groups is 1. The number of nitrogens with one attached hydrogen (secondary N) is 1. The minimum absolute atomic E-state index is 0.121. The molecule has 0 aliphatic carbocycles. The van der Waals surface area contributed by atoms with E-state index < -0.39 is 5.97 Å². The van der Waals surface area contributed by atoms with Crippen LogP contribution in [0.25, 0.3) is 0 Å². The van der Waals surface area contributed by atoms with Crippen molar-refractivity contribution in [1.82, 2.24) is 14.8 Å². The summed E-state index contributed by atoms with van der Waals surface area (Å²) in [6.45, 7) is 2.85. The van der Waals surface area contributed by atoms with Gasteiger partial charge in [0.2, 0.25) is 5.91 Å². The van der Waals surface area contributed by atoms with Gasteiger partial charge in [-0.15, -0.1) is 21.5 Å². The van der Waals surface area contributed by atoms with E-state index in [2.05, 4.69) is 15.5 Å². The molecule has 1 N–H and O–H groups in total. The van der Waals surface area contributed by atoms with Crippen LogP contribution >= 0.6 is 23.1 Å². The smallest absolute Gasteiger partial charge is 0.340 e. The van der Waals surface area contributed by atoms with Crippen molar-refractivity contribution in [2.24, 2.45) is 0 Å². The summed E-state index contributed by atoms with van der Waals surface area (Å²) in [7, 11) is 2.91. The Balaban J connectivity index is 1.57. The number of aromatic nitrogens is 3. The van der Waals surface area contributed by atoms with Crippen molar-refractivity contribution >= 4 is 40.0 Å². The predicted octanol–water partition coefficient (Wildman–Crippen LogP) is 3.46. The maximum atomic E-state index is 12.3. The van der Waals surface area contributed by atoms with Gasteiger partial charge in [0, 0.05) is 6.54 Å². The van der Waals surface area contributed by atoms with E-state index in [9.17, 15) is 9.59 Å². The molecule has 0 aliphatic heterocycles. The molecule has 3 aromatic rings. The number of nitrogens with zero attached hydrogens (tertiary/aromatic N) is 3. The van der Waals surface area contributed by atoms with Crippen LogP contribution in [0, 0.1) is 0 Å². The van der Waals surface area contributed by atoms with Crippen LogP contribution in [0.5, 0.6) is 11.5 Å².